The number of hydrogen-bond acceptors (Lipinski definition) is 4. The summed E-state index contributed by atoms with van der Waals surface area (Å²) in [5.74, 6) is 0.206. The molecule has 1 aliphatic rings. The second kappa shape index (κ2) is 9.32. The van der Waals surface area contributed by atoms with Crippen LogP contribution in [0.4, 0.5) is 0 Å². The average molecular weight is 284 g/mol. The predicted octanol–water partition coefficient (Wildman–Crippen LogP) is 0.470. The molecule has 0 radical (unpaired) electrons. The Morgan fingerprint density at radius 3 is 2.30 bits per heavy atom. The summed E-state index contributed by atoms with van der Waals surface area (Å²) in [7, 11) is 3.65. The Morgan fingerprint density at radius 1 is 1.20 bits per heavy atom. The summed E-state index contributed by atoms with van der Waals surface area (Å²) in [6.45, 7) is 11.5. The fourth-order valence-corrected chi connectivity index (χ4v) is 2.59. The molecule has 1 fully saturated rings. The summed E-state index contributed by atoms with van der Waals surface area (Å²) in [5, 5.41) is 3.65. The number of likely N-dealkylation sites (tertiary alicyclic amines) is 1. The molecule has 0 aromatic rings. The molecule has 1 saturated heterocycles. The van der Waals surface area contributed by atoms with E-state index in [0.29, 0.717) is 12.6 Å². The van der Waals surface area contributed by atoms with E-state index >= 15 is 0 Å². The van der Waals surface area contributed by atoms with Crippen LogP contribution < -0.4 is 5.32 Å². The van der Waals surface area contributed by atoms with Gasteiger partial charge in [-0.25, -0.2) is 0 Å². The van der Waals surface area contributed by atoms with Gasteiger partial charge in [0.15, 0.2) is 0 Å². The van der Waals surface area contributed by atoms with E-state index in [2.05, 4.69) is 29.0 Å². The van der Waals surface area contributed by atoms with Crippen LogP contribution in [0.5, 0.6) is 0 Å². The molecule has 5 heteroatoms. The fourth-order valence-electron chi connectivity index (χ4n) is 2.59. The first-order valence-corrected chi connectivity index (χ1v) is 7.95. The molecule has 1 heterocycles. The summed E-state index contributed by atoms with van der Waals surface area (Å²) >= 11 is 0. The molecular weight excluding hydrogens is 252 g/mol. The smallest absolute Gasteiger partial charge is 0.236 e. The topological polar surface area (TPSA) is 38.8 Å². The van der Waals surface area contributed by atoms with Crippen molar-refractivity contribution < 1.29 is 4.79 Å². The van der Waals surface area contributed by atoms with E-state index in [1.807, 2.05) is 14.1 Å². The van der Waals surface area contributed by atoms with Crippen LogP contribution in [0.2, 0.25) is 0 Å². The number of amides is 1. The number of hydrogen-bond donors (Lipinski definition) is 1. The molecule has 118 valence electrons. The lowest BCUT2D eigenvalue weighted by Gasteiger charge is -2.33. The van der Waals surface area contributed by atoms with Gasteiger partial charge in [-0.1, -0.05) is 13.8 Å². The maximum Gasteiger partial charge on any atom is 0.236 e. The Morgan fingerprint density at radius 2 is 1.80 bits per heavy atom. The van der Waals surface area contributed by atoms with Crippen molar-refractivity contribution in [2.75, 3.05) is 59.9 Å². The molecular formula is C15H32N4O. The van der Waals surface area contributed by atoms with E-state index in [9.17, 15) is 4.79 Å². The molecule has 0 aromatic heterocycles. The van der Waals surface area contributed by atoms with Gasteiger partial charge in [-0.3, -0.25) is 9.69 Å². The minimum atomic E-state index is 0.206. The van der Waals surface area contributed by atoms with Gasteiger partial charge in [-0.05, 0) is 25.9 Å². The molecule has 1 rings (SSSR count). The van der Waals surface area contributed by atoms with Gasteiger partial charge in [0.25, 0.3) is 0 Å². The lowest BCUT2D eigenvalue weighted by atomic mass is 10.1. The highest BCUT2D eigenvalue weighted by molar-refractivity contribution is 5.77. The summed E-state index contributed by atoms with van der Waals surface area (Å²) in [6.07, 6.45) is 2.30. The van der Waals surface area contributed by atoms with Crippen molar-refractivity contribution in [3.8, 4) is 0 Å². The Kier molecular flexibility index (Phi) is 8.11. The van der Waals surface area contributed by atoms with Crippen LogP contribution in [0, 0.1) is 0 Å². The average Bonchev–Trinajstić information content (AvgIpc) is 2.45. The normalized spacial score (nSPS) is 17.6. The zero-order valence-electron chi connectivity index (χ0n) is 13.7. The number of nitrogens with one attached hydrogen (secondary N) is 1. The number of carbonyl (C=O) groups is 1. The van der Waals surface area contributed by atoms with Crippen molar-refractivity contribution in [1.82, 2.24) is 20.0 Å². The third-order valence-electron chi connectivity index (χ3n) is 4.20. The van der Waals surface area contributed by atoms with E-state index in [1.165, 1.54) is 0 Å². The molecule has 0 aromatic carbocycles. The van der Waals surface area contributed by atoms with E-state index in [0.717, 1.165) is 52.1 Å². The molecule has 1 N–H and O–H groups in total. The van der Waals surface area contributed by atoms with Crippen LogP contribution in [0.1, 0.15) is 26.7 Å². The fraction of sp³-hybridized carbons (Fsp3) is 0.933. The first-order chi connectivity index (χ1) is 9.56. The highest BCUT2D eigenvalue weighted by Crippen LogP contribution is 2.10. The Balaban J connectivity index is 2.14. The van der Waals surface area contributed by atoms with Gasteiger partial charge < -0.3 is 15.1 Å². The molecule has 0 atom stereocenters. The quantitative estimate of drug-likeness (QED) is 0.703. The van der Waals surface area contributed by atoms with Crippen molar-refractivity contribution >= 4 is 5.91 Å². The minimum Gasteiger partial charge on any atom is -0.348 e. The maximum absolute atomic E-state index is 11.7. The molecule has 1 aliphatic heterocycles. The van der Waals surface area contributed by atoms with Crippen LogP contribution >= 0.6 is 0 Å². The minimum absolute atomic E-state index is 0.206. The van der Waals surface area contributed by atoms with Crippen molar-refractivity contribution in [3.63, 3.8) is 0 Å². The molecule has 5 nitrogen and oxygen atoms in total. The van der Waals surface area contributed by atoms with Crippen LogP contribution in [0.3, 0.4) is 0 Å². The van der Waals surface area contributed by atoms with Crippen molar-refractivity contribution in [1.29, 1.82) is 0 Å². The zero-order valence-corrected chi connectivity index (χ0v) is 13.7. The van der Waals surface area contributed by atoms with Crippen molar-refractivity contribution in [3.05, 3.63) is 0 Å². The number of rotatable bonds is 8. The number of likely N-dealkylation sites (N-methyl/N-ethyl adjacent to an activating group) is 2. The molecule has 0 bridgehead atoms. The lowest BCUT2D eigenvalue weighted by molar-refractivity contribution is -0.130. The number of nitrogens with zero attached hydrogens (tertiary/aromatic N) is 3. The molecule has 1 amide bonds. The molecule has 0 aliphatic carbocycles. The highest BCUT2D eigenvalue weighted by atomic mass is 16.2. The first kappa shape index (κ1) is 17.4. The molecule has 0 spiro atoms. The SMILES string of the molecule is CCN(CC)CCNC1CCN(CC(=O)N(C)C)CC1. The van der Waals surface area contributed by atoms with Gasteiger partial charge in [0, 0.05) is 46.3 Å². The van der Waals surface area contributed by atoms with Crippen LogP contribution in [0.15, 0.2) is 0 Å². The highest BCUT2D eigenvalue weighted by Gasteiger charge is 2.20. The van der Waals surface area contributed by atoms with E-state index in [1.54, 1.807) is 4.90 Å². The molecule has 0 saturated carbocycles. The summed E-state index contributed by atoms with van der Waals surface area (Å²) in [6, 6.07) is 0.622. The van der Waals surface area contributed by atoms with Crippen LogP contribution in [0.25, 0.3) is 0 Å². The van der Waals surface area contributed by atoms with Gasteiger partial charge >= 0.3 is 0 Å². The van der Waals surface area contributed by atoms with Crippen molar-refractivity contribution in [2.24, 2.45) is 0 Å². The largest absolute Gasteiger partial charge is 0.348 e. The second-order valence-electron chi connectivity index (χ2n) is 5.82. The summed E-state index contributed by atoms with van der Waals surface area (Å²) < 4.78 is 0. The summed E-state index contributed by atoms with van der Waals surface area (Å²) in [4.78, 5) is 18.1. The maximum atomic E-state index is 11.7. The van der Waals surface area contributed by atoms with Crippen molar-refractivity contribution in [2.45, 2.75) is 32.7 Å². The lowest BCUT2D eigenvalue weighted by Crippen LogP contribution is -2.47. The zero-order chi connectivity index (χ0) is 15.0. The van der Waals surface area contributed by atoms with Gasteiger partial charge in [0.2, 0.25) is 5.91 Å². The Labute approximate surface area is 124 Å². The monoisotopic (exact) mass is 284 g/mol. The van der Waals surface area contributed by atoms with Gasteiger partial charge in [0.05, 0.1) is 6.54 Å². The molecule has 20 heavy (non-hydrogen) atoms. The van der Waals surface area contributed by atoms with Gasteiger partial charge in [-0.15, -0.1) is 0 Å². The standard InChI is InChI=1S/C15H32N4O/c1-5-18(6-2)12-9-16-14-7-10-19(11-8-14)13-15(20)17(3)4/h14,16H,5-13H2,1-4H3. The van der Waals surface area contributed by atoms with Crippen LogP contribution in [-0.4, -0.2) is 86.6 Å². The van der Waals surface area contributed by atoms with Gasteiger partial charge in [0.1, 0.15) is 0 Å². The van der Waals surface area contributed by atoms with E-state index < -0.39 is 0 Å². The van der Waals surface area contributed by atoms with Gasteiger partial charge in [-0.2, -0.15) is 0 Å². The Hall–Kier alpha value is -0.650. The van der Waals surface area contributed by atoms with Crippen LogP contribution in [-0.2, 0) is 4.79 Å². The second-order valence-corrected chi connectivity index (χ2v) is 5.82. The van der Waals surface area contributed by atoms with E-state index in [-0.39, 0.29) is 5.91 Å². The number of piperidine rings is 1. The molecule has 0 unspecified atom stereocenters. The third-order valence-corrected chi connectivity index (χ3v) is 4.20. The third kappa shape index (κ3) is 6.20. The predicted molar refractivity (Wildman–Crippen MR) is 83.9 cm³/mol. The first-order valence-electron chi connectivity index (χ1n) is 7.95. The number of carbonyl (C=O) groups excluding carboxylic acids is 1. The Bertz CT molecular complexity index is 271. The summed E-state index contributed by atoms with van der Waals surface area (Å²) in [5.41, 5.74) is 0. The van der Waals surface area contributed by atoms with E-state index in [4.69, 9.17) is 0 Å².